The number of aromatic nitrogens is 4. The van der Waals surface area contributed by atoms with Crippen molar-refractivity contribution in [1.82, 2.24) is 20.2 Å². The summed E-state index contributed by atoms with van der Waals surface area (Å²) in [5, 5.41) is 11.5. The van der Waals surface area contributed by atoms with Gasteiger partial charge in [-0.3, -0.25) is 0 Å². The van der Waals surface area contributed by atoms with Gasteiger partial charge in [0.05, 0.1) is 12.6 Å². The minimum atomic E-state index is 0.427. The van der Waals surface area contributed by atoms with Crippen molar-refractivity contribution in [1.29, 1.82) is 0 Å². The van der Waals surface area contributed by atoms with Gasteiger partial charge >= 0.3 is 0 Å². The molecule has 0 aromatic carbocycles. The van der Waals surface area contributed by atoms with Crippen LogP contribution in [0, 0.1) is 5.92 Å². The van der Waals surface area contributed by atoms with Crippen LogP contribution in [0.4, 0.5) is 0 Å². The van der Waals surface area contributed by atoms with E-state index in [0.717, 1.165) is 5.82 Å². The molecule has 5 nitrogen and oxygen atoms in total. The van der Waals surface area contributed by atoms with Gasteiger partial charge in [0.2, 0.25) is 0 Å². The number of nitrogens with two attached hydrogens (primary N) is 1. The maximum absolute atomic E-state index is 5.54. The Bertz CT molecular complexity index is 282. The van der Waals surface area contributed by atoms with E-state index in [9.17, 15) is 0 Å². The van der Waals surface area contributed by atoms with Crippen LogP contribution >= 0.6 is 0 Å². The Labute approximate surface area is 77.3 Å². The topological polar surface area (TPSA) is 69.6 Å². The molecule has 1 fully saturated rings. The van der Waals surface area contributed by atoms with Crippen LogP contribution in [0.15, 0.2) is 0 Å². The summed E-state index contributed by atoms with van der Waals surface area (Å²) >= 11 is 0. The van der Waals surface area contributed by atoms with Crippen LogP contribution in [0.5, 0.6) is 0 Å². The highest BCUT2D eigenvalue weighted by atomic mass is 15.6. The van der Waals surface area contributed by atoms with Crippen LogP contribution in [0.1, 0.15) is 38.1 Å². The van der Waals surface area contributed by atoms with E-state index in [1.165, 1.54) is 19.3 Å². The van der Waals surface area contributed by atoms with Crippen molar-refractivity contribution < 1.29 is 0 Å². The normalized spacial score (nSPS) is 28.2. The van der Waals surface area contributed by atoms with Crippen molar-refractivity contribution >= 4 is 0 Å². The summed E-state index contributed by atoms with van der Waals surface area (Å²) in [6.07, 6.45) is 3.73. The molecule has 2 unspecified atom stereocenters. The first-order valence-electron chi connectivity index (χ1n) is 4.79. The molecule has 1 aliphatic rings. The predicted octanol–water partition coefficient (Wildman–Crippen LogP) is 0.493. The van der Waals surface area contributed by atoms with Crippen molar-refractivity contribution in [2.24, 2.45) is 11.7 Å². The van der Waals surface area contributed by atoms with Gasteiger partial charge in [-0.05, 0) is 29.2 Å². The van der Waals surface area contributed by atoms with Crippen LogP contribution in [-0.2, 0) is 6.54 Å². The zero-order chi connectivity index (χ0) is 9.26. The molecule has 1 aromatic heterocycles. The lowest BCUT2D eigenvalue weighted by molar-refractivity contribution is 0.357. The molecule has 0 radical (unpaired) electrons. The molecule has 0 spiro atoms. The van der Waals surface area contributed by atoms with Gasteiger partial charge in [0.25, 0.3) is 0 Å². The van der Waals surface area contributed by atoms with Crippen LogP contribution in [-0.4, -0.2) is 20.2 Å². The standard InChI is InChI=1S/C8H15N5/c1-6-3-2-4-7(6)13-8(5-9)10-11-12-13/h6-7H,2-5,9H2,1H3. The lowest BCUT2D eigenvalue weighted by Gasteiger charge is -2.15. The molecule has 2 rings (SSSR count). The van der Waals surface area contributed by atoms with Crippen molar-refractivity contribution in [2.75, 3.05) is 0 Å². The second-order valence-corrected chi connectivity index (χ2v) is 3.72. The highest BCUT2D eigenvalue weighted by Gasteiger charge is 2.27. The molecular weight excluding hydrogens is 166 g/mol. The second kappa shape index (κ2) is 3.41. The largest absolute Gasteiger partial charge is 0.324 e. The van der Waals surface area contributed by atoms with E-state index in [4.69, 9.17) is 5.73 Å². The summed E-state index contributed by atoms with van der Waals surface area (Å²) in [4.78, 5) is 0. The summed E-state index contributed by atoms with van der Waals surface area (Å²) in [6, 6.07) is 0.466. The first-order valence-corrected chi connectivity index (χ1v) is 4.79. The zero-order valence-corrected chi connectivity index (χ0v) is 7.85. The monoisotopic (exact) mass is 181 g/mol. The van der Waals surface area contributed by atoms with Gasteiger partial charge in [0.15, 0.2) is 5.82 Å². The van der Waals surface area contributed by atoms with Gasteiger partial charge in [-0.15, -0.1) is 5.10 Å². The van der Waals surface area contributed by atoms with E-state index in [-0.39, 0.29) is 0 Å². The molecule has 2 atom stereocenters. The number of nitrogens with zero attached hydrogens (tertiary/aromatic N) is 4. The van der Waals surface area contributed by atoms with Gasteiger partial charge in [-0.1, -0.05) is 13.3 Å². The quantitative estimate of drug-likeness (QED) is 0.721. The number of hydrogen-bond acceptors (Lipinski definition) is 4. The lowest BCUT2D eigenvalue weighted by Crippen LogP contribution is -2.18. The van der Waals surface area contributed by atoms with Crippen LogP contribution < -0.4 is 5.73 Å². The molecule has 1 aliphatic carbocycles. The molecule has 1 aromatic rings. The molecule has 0 bridgehead atoms. The Hall–Kier alpha value is -0.970. The molecule has 0 saturated heterocycles. The van der Waals surface area contributed by atoms with E-state index in [2.05, 4.69) is 22.4 Å². The first kappa shape index (κ1) is 8.62. The molecule has 0 aliphatic heterocycles. The third-order valence-electron chi connectivity index (χ3n) is 2.87. The Balaban J connectivity index is 2.23. The maximum atomic E-state index is 5.54. The summed E-state index contributed by atoms with van der Waals surface area (Å²) in [6.45, 7) is 2.68. The Morgan fingerprint density at radius 3 is 3.00 bits per heavy atom. The van der Waals surface area contributed by atoms with Gasteiger partial charge < -0.3 is 5.73 Å². The fourth-order valence-corrected chi connectivity index (χ4v) is 2.09. The molecule has 72 valence electrons. The van der Waals surface area contributed by atoms with Crippen molar-refractivity contribution in [3.8, 4) is 0 Å². The fourth-order valence-electron chi connectivity index (χ4n) is 2.09. The third-order valence-corrected chi connectivity index (χ3v) is 2.87. The molecular formula is C8H15N5. The van der Waals surface area contributed by atoms with Gasteiger partial charge in [0.1, 0.15) is 0 Å². The van der Waals surface area contributed by atoms with Crippen LogP contribution in [0.3, 0.4) is 0 Å². The van der Waals surface area contributed by atoms with E-state index in [1.54, 1.807) is 0 Å². The summed E-state index contributed by atoms with van der Waals surface area (Å²) in [7, 11) is 0. The number of rotatable bonds is 2. The molecule has 5 heteroatoms. The summed E-state index contributed by atoms with van der Waals surface area (Å²) < 4.78 is 1.90. The third kappa shape index (κ3) is 1.44. The van der Waals surface area contributed by atoms with Gasteiger partial charge in [0, 0.05) is 0 Å². The maximum Gasteiger partial charge on any atom is 0.165 e. The van der Waals surface area contributed by atoms with Crippen molar-refractivity contribution in [2.45, 2.75) is 38.8 Å². The molecule has 0 amide bonds. The minimum Gasteiger partial charge on any atom is -0.324 e. The highest BCUT2D eigenvalue weighted by Crippen LogP contribution is 2.34. The smallest absolute Gasteiger partial charge is 0.165 e. The molecule has 2 N–H and O–H groups in total. The van der Waals surface area contributed by atoms with Crippen LogP contribution in [0.25, 0.3) is 0 Å². The van der Waals surface area contributed by atoms with Gasteiger partial charge in [-0.2, -0.15) is 0 Å². The van der Waals surface area contributed by atoms with Crippen molar-refractivity contribution in [3.63, 3.8) is 0 Å². The SMILES string of the molecule is CC1CCCC1n1nnnc1CN. The molecule has 1 saturated carbocycles. The van der Waals surface area contributed by atoms with Crippen LogP contribution in [0.2, 0.25) is 0 Å². The lowest BCUT2D eigenvalue weighted by atomic mass is 10.1. The average Bonchev–Trinajstić information content (AvgIpc) is 2.71. The Morgan fingerprint density at radius 2 is 2.38 bits per heavy atom. The number of tetrazole rings is 1. The van der Waals surface area contributed by atoms with Gasteiger partial charge in [-0.25, -0.2) is 4.68 Å². The zero-order valence-electron chi connectivity index (χ0n) is 7.85. The Morgan fingerprint density at radius 1 is 1.54 bits per heavy atom. The number of hydrogen-bond donors (Lipinski definition) is 1. The van der Waals surface area contributed by atoms with Crippen molar-refractivity contribution in [3.05, 3.63) is 5.82 Å². The molecule has 1 heterocycles. The fraction of sp³-hybridized carbons (Fsp3) is 0.875. The second-order valence-electron chi connectivity index (χ2n) is 3.72. The van der Waals surface area contributed by atoms with E-state index in [1.807, 2.05) is 4.68 Å². The minimum absolute atomic E-state index is 0.427. The summed E-state index contributed by atoms with van der Waals surface area (Å²) in [5.74, 6) is 1.48. The van der Waals surface area contributed by atoms with E-state index >= 15 is 0 Å². The van der Waals surface area contributed by atoms with E-state index in [0.29, 0.717) is 18.5 Å². The summed E-state index contributed by atoms with van der Waals surface area (Å²) in [5.41, 5.74) is 5.54. The Kier molecular flexibility index (Phi) is 2.26. The highest BCUT2D eigenvalue weighted by molar-refractivity contribution is 4.87. The predicted molar refractivity (Wildman–Crippen MR) is 47.8 cm³/mol. The molecule has 13 heavy (non-hydrogen) atoms. The average molecular weight is 181 g/mol. The van der Waals surface area contributed by atoms with E-state index < -0.39 is 0 Å². The first-order chi connectivity index (χ1) is 6.33.